The number of carbonyl (C=O) groups is 2. The Kier molecular flexibility index (Phi) is 5.51. The van der Waals surface area contributed by atoms with Gasteiger partial charge in [0, 0.05) is 54.3 Å². The van der Waals surface area contributed by atoms with Crippen molar-refractivity contribution in [2.75, 3.05) is 33.4 Å². The van der Waals surface area contributed by atoms with Crippen LogP contribution in [0.2, 0.25) is 0 Å². The Hall–Kier alpha value is -2.74. The number of methoxy groups -OCH3 is 1. The standard InChI is InChI=1S/C25H34N4O4/c1-15(2)26-24(32)28-12-25(13-28)14-29(23(31)16-6-4-5-7-16)20(11-30)22-21(25)18-9-8-17(33-3)10-19(18)27-22/h8-10,15-16,20,27,30H,4-7,11-14H2,1-3H3,(H,26,32)/t20-/m0/s1. The van der Waals surface area contributed by atoms with Gasteiger partial charge in [-0.15, -0.1) is 0 Å². The summed E-state index contributed by atoms with van der Waals surface area (Å²) in [6.45, 7) is 5.38. The lowest BCUT2D eigenvalue weighted by Gasteiger charge is -2.56. The normalized spacial score (nSPS) is 22.0. The molecule has 5 rings (SSSR count). The molecule has 3 heterocycles. The van der Waals surface area contributed by atoms with Gasteiger partial charge in [-0.1, -0.05) is 12.8 Å². The Morgan fingerprint density at radius 1 is 1.24 bits per heavy atom. The molecule has 0 radical (unpaired) electrons. The molecule has 8 nitrogen and oxygen atoms in total. The molecule has 1 atom stereocenters. The Morgan fingerprint density at radius 3 is 2.61 bits per heavy atom. The Bertz CT molecular complexity index is 1070. The second-order valence-electron chi connectivity index (χ2n) is 10.2. The summed E-state index contributed by atoms with van der Waals surface area (Å²) in [5, 5.41) is 14.5. The van der Waals surface area contributed by atoms with Crippen LogP contribution in [0.5, 0.6) is 5.75 Å². The van der Waals surface area contributed by atoms with Gasteiger partial charge in [-0.3, -0.25) is 4.79 Å². The van der Waals surface area contributed by atoms with Crippen molar-refractivity contribution in [3.8, 4) is 5.75 Å². The smallest absolute Gasteiger partial charge is 0.317 e. The fourth-order valence-electron chi connectivity index (χ4n) is 6.07. The average Bonchev–Trinajstić information content (AvgIpc) is 3.43. The van der Waals surface area contributed by atoms with Crippen molar-refractivity contribution in [2.45, 2.75) is 57.0 Å². The molecule has 2 fully saturated rings. The number of hydrogen-bond acceptors (Lipinski definition) is 4. The van der Waals surface area contributed by atoms with Crippen molar-refractivity contribution < 1.29 is 19.4 Å². The van der Waals surface area contributed by atoms with Crippen molar-refractivity contribution in [3.63, 3.8) is 0 Å². The molecule has 2 aliphatic heterocycles. The van der Waals surface area contributed by atoms with Crippen LogP contribution in [0.1, 0.15) is 56.8 Å². The molecule has 178 valence electrons. The fourth-order valence-corrected chi connectivity index (χ4v) is 6.07. The molecule has 1 aromatic heterocycles. The third kappa shape index (κ3) is 3.55. The van der Waals surface area contributed by atoms with Gasteiger partial charge in [0.05, 0.1) is 25.2 Å². The number of amides is 3. The Morgan fingerprint density at radius 2 is 1.97 bits per heavy atom. The van der Waals surface area contributed by atoms with Gasteiger partial charge in [0.25, 0.3) is 0 Å². The summed E-state index contributed by atoms with van der Waals surface area (Å²) in [5.41, 5.74) is 2.60. The molecular formula is C25H34N4O4. The van der Waals surface area contributed by atoms with Crippen molar-refractivity contribution in [2.24, 2.45) is 5.92 Å². The molecule has 1 saturated heterocycles. The molecule has 3 amide bonds. The zero-order valence-electron chi connectivity index (χ0n) is 19.7. The highest BCUT2D eigenvalue weighted by atomic mass is 16.5. The van der Waals surface area contributed by atoms with E-state index in [2.05, 4.69) is 10.3 Å². The van der Waals surface area contributed by atoms with E-state index in [1.165, 1.54) is 0 Å². The molecule has 1 saturated carbocycles. The van der Waals surface area contributed by atoms with Gasteiger partial charge in [-0.25, -0.2) is 4.79 Å². The molecule has 3 N–H and O–H groups in total. The molecule has 1 aromatic carbocycles. The minimum Gasteiger partial charge on any atom is -0.497 e. The molecule has 1 aliphatic carbocycles. The lowest BCUT2D eigenvalue weighted by atomic mass is 9.68. The summed E-state index contributed by atoms with van der Waals surface area (Å²) in [6.07, 6.45) is 4.00. The van der Waals surface area contributed by atoms with Gasteiger partial charge in [-0.05, 0) is 44.4 Å². The number of aromatic amines is 1. The maximum absolute atomic E-state index is 13.6. The third-order valence-corrected chi connectivity index (χ3v) is 7.59. The number of aliphatic hydroxyl groups is 1. The fraction of sp³-hybridized carbons (Fsp3) is 0.600. The number of ether oxygens (including phenoxy) is 1. The number of fused-ring (bicyclic) bond motifs is 4. The number of benzene rings is 1. The summed E-state index contributed by atoms with van der Waals surface area (Å²) in [4.78, 5) is 33.5. The first-order valence-corrected chi connectivity index (χ1v) is 12.0. The minimum atomic E-state index is -0.407. The van der Waals surface area contributed by atoms with Gasteiger partial charge in [0.15, 0.2) is 0 Å². The first-order chi connectivity index (χ1) is 15.9. The molecule has 2 aromatic rings. The monoisotopic (exact) mass is 454 g/mol. The first-order valence-electron chi connectivity index (χ1n) is 12.0. The second-order valence-corrected chi connectivity index (χ2v) is 10.2. The maximum Gasteiger partial charge on any atom is 0.317 e. The van der Waals surface area contributed by atoms with Gasteiger partial charge in [0.2, 0.25) is 5.91 Å². The number of rotatable bonds is 4. The average molecular weight is 455 g/mol. The van der Waals surface area contributed by atoms with E-state index < -0.39 is 6.04 Å². The molecular weight excluding hydrogens is 420 g/mol. The number of likely N-dealkylation sites (tertiary alicyclic amines) is 1. The lowest BCUT2D eigenvalue weighted by Crippen LogP contribution is -2.69. The number of urea groups is 1. The topological polar surface area (TPSA) is 97.9 Å². The zero-order valence-corrected chi connectivity index (χ0v) is 19.7. The van der Waals surface area contributed by atoms with Gasteiger partial charge in [0.1, 0.15) is 5.75 Å². The predicted molar refractivity (Wildman–Crippen MR) is 125 cm³/mol. The second kappa shape index (κ2) is 8.24. The highest BCUT2D eigenvalue weighted by Crippen LogP contribution is 2.49. The van der Waals surface area contributed by atoms with Crippen molar-refractivity contribution in [1.29, 1.82) is 0 Å². The summed E-state index contributed by atoms with van der Waals surface area (Å²) < 4.78 is 5.42. The van der Waals surface area contributed by atoms with Crippen molar-refractivity contribution in [3.05, 3.63) is 29.5 Å². The van der Waals surface area contributed by atoms with E-state index in [0.29, 0.717) is 19.6 Å². The molecule has 1 spiro atoms. The maximum atomic E-state index is 13.6. The molecule has 8 heteroatoms. The van der Waals surface area contributed by atoms with E-state index in [4.69, 9.17) is 4.74 Å². The lowest BCUT2D eigenvalue weighted by molar-refractivity contribution is -0.142. The van der Waals surface area contributed by atoms with Crippen LogP contribution in [0.3, 0.4) is 0 Å². The quantitative estimate of drug-likeness (QED) is 0.662. The van der Waals surface area contributed by atoms with Crippen molar-refractivity contribution in [1.82, 2.24) is 20.1 Å². The number of carbonyl (C=O) groups excluding carboxylic acids is 2. The Balaban J connectivity index is 1.57. The highest BCUT2D eigenvalue weighted by Gasteiger charge is 2.55. The van der Waals surface area contributed by atoms with Crippen LogP contribution >= 0.6 is 0 Å². The van der Waals surface area contributed by atoms with E-state index in [0.717, 1.165) is 53.6 Å². The molecule has 0 bridgehead atoms. The number of nitrogens with one attached hydrogen (secondary N) is 2. The van der Waals surface area contributed by atoms with Crippen LogP contribution in [-0.2, 0) is 10.2 Å². The van der Waals surface area contributed by atoms with Crippen LogP contribution < -0.4 is 10.1 Å². The van der Waals surface area contributed by atoms with Gasteiger partial charge < -0.3 is 29.9 Å². The molecule has 33 heavy (non-hydrogen) atoms. The highest BCUT2D eigenvalue weighted by molar-refractivity contribution is 5.90. The van der Waals surface area contributed by atoms with Crippen LogP contribution in [0.15, 0.2) is 18.2 Å². The minimum absolute atomic E-state index is 0.0301. The van der Waals surface area contributed by atoms with E-state index >= 15 is 0 Å². The summed E-state index contributed by atoms with van der Waals surface area (Å²) in [6, 6.07) is 5.53. The number of H-pyrrole nitrogens is 1. The number of aromatic nitrogens is 1. The summed E-state index contributed by atoms with van der Waals surface area (Å²) >= 11 is 0. The van der Waals surface area contributed by atoms with Crippen LogP contribution in [0, 0.1) is 5.92 Å². The van der Waals surface area contributed by atoms with E-state index in [9.17, 15) is 14.7 Å². The zero-order chi connectivity index (χ0) is 23.3. The first kappa shape index (κ1) is 22.1. The number of hydrogen-bond donors (Lipinski definition) is 3. The van der Waals surface area contributed by atoms with E-state index in [1.807, 2.05) is 41.8 Å². The van der Waals surface area contributed by atoms with E-state index in [-0.39, 0.29) is 35.9 Å². The van der Waals surface area contributed by atoms with Crippen molar-refractivity contribution >= 4 is 22.8 Å². The summed E-state index contributed by atoms with van der Waals surface area (Å²) in [7, 11) is 1.64. The van der Waals surface area contributed by atoms with Crippen LogP contribution in [0.25, 0.3) is 10.9 Å². The largest absolute Gasteiger partial charge is 0.497 e. The summed E-state index contributed by atoms with van der Waals surface area (Å²) in [5.74, 6) is 0.918. The SMILES string of the molecule is COc1ccc2c3c([nH]c2c1)[C@H](CO)N(C(=O)C1CCCC1)CC31CN(C(=O)NC(C)C)C1. The van der Waals surface area contributed by atoms with Crippen LogP contribution in [-0.4, -0.2) is 71.2 Å². The number of aliphatic hydroxyl groups excluding tert-OH is 1. The van der Waals surface area contributed by atoms with Gasteiger partial charge >= 0.3 is 6.03 Å². The molecule has 0 unspecified atom stereocenters. The van der Waals surface area contributed by atoms with Crippen LogP contribution in [0.4, 0.5) is 4.79 Å². The van der Waals surface area contributed by atoms with Gasteiger partial charge in [-0.2, -0.15) is 0 Å². The third-order valence-electron chi connectivity index (χ3n) is 7.59. The number of nitrogens with zero attached hydrogens (tertiary/aromatic N) is 2. The van der Waals surface area contributed by atoms with E-state index in [1.54, 1.807) is 7.11 Å². The Labute approximate surface area is 194 Å². The predicted octanol–water partition coefficient (Wildman–Crippen LogP) is 2.91. The molecule has 3 aliphatic rings.